The van der Waals surface area contributed by atoms with Gasteiger partial charge in [-0.25, -0.2) is 0 Å². The van der Waals surface area contributed by atoms with E-state index in [9.17, 15) is 13.2 Å². The van der Waals surface area contributed by atoms with Crippen LogP contribution in [0.1, 0.15) is 12.0 Å². The first kappa shape index (κ1) is 16.4. The Labute approximate surface area is 118 Å². The summed E-state index contributed by atoms with van der Waals surface area (Å²) in [5.74, 6) is 5.39. The first-order valence-corrected chi connectivity index (χ1v) is 6.55. The third kappa shape index (κ3) is 7.51. The van der Waals surface area contributed by atoms with Crippen molar-refractivity contribution in [1.82, 2.24) is 5.43 Å². The fourth-order valence-corrected chi connectivity index (χ4v) is 2.05. The maximum atomic E-state index is 11.9. The highest BCUT2D eigenvalue weighted by molar-refractivity contribution is 9.10. The van der Waals surface area contributed by atoms with Crippen LogP contribution in [-0.2, 0) is 11.2 Å². The fraction of sp³-hybridized carbons (Fsp3) is 0.500. The molecule has 0 fully saturated rings. The van der Waals surface area contributed by atoms with Crippen LogP contribution in [0.5, 0.6) is 0 Å². The van der Waals surface area contributed by atoms with Crippen LogP contribution in [0.25, 0.3) is 0 Å². The van der Waals surface area contributed by atoms with Crippen molar-refractivity contribution in [3.05, 3.63) is 34.3 Å². The van der Waals surface area contributed by atoms with Crippen molar-refractivity contribution in [2.45, 2.75) is 25.1 Å². The molecule has 0 aliphatic heterocycles. The summed E-state index contributed by atoms with van der Waals surface area (Å²) in [7, 11) is 0. The first-order valence-electron chi connectivity index (χ1n) is 5.76. The van der Waals surface area contributed by atoms with E-state index in [1.807, 2.05) is 24.3 Å². The molecule has 0 spiro atoms. The molecule has 1 rings (SSSR count). The normalized spacial score (nSPS) is 13.5. The molecule has 0 bridgehead atoms. The van der Waals surface area contributed by atoms with Gasteiger partial charge in [0.1, 0.15) is 6.61 Å². The second-order valence-electron chi connectivity index (χ2n) is 4.15. The molecule has 1 aromatic carbocycles. The fourth-order valence-electron chi connectivity index (χ4n) is 1.61. The van der Waals surface area contributed by atoms with Crippen LogP contribution in [0.3, 0.4) is 0 Å². The van der Waals surface area contributed by atoms with Gasteiger partial charge in [0.15, 0.2) is 0 Å². The highest BCUT2D eigenvalue weighted by atomic mass is 79.9. The van der Waals surface area contributed by atoms with Crippen molar-refractivity contribution in [3.63, 3.8) is 0 Å². The molecule has 0 aliphatic rings. The molecule has 1 atom stereocenters. The molecular formula is C12H16BrF3N2O. The molecule has 0 radical (unpaired) electrons. The van der Waals surface area contributed by atoms with Gasteiger partial charge in [-0.2, -0.15) is 13.2 Å². The van der Waals surface area contributed by atoms with Crippen LogP contribution in [0, 0.1) is 0 Å². The van der Waals surface area contributed by atoms with Crippen LogP contribution < -0.4 is 11.3 Å². The maximum absolute atomic E-state index is 11.9. The van der Waals surface area contributed by atoms with Crippen LogP contribution in [-0.4, -0.2) is 25.4 Å². The predicted octanol–water partition coefficient (Wildman–Crippen LogP) is 2.79. The van der Waals surface area contributed by atoms with Gasteiger partial charge < -0.3 is 4.74 Å². The molecule has 19 heavy (non-hydrogen) atoms. The smallest absolute Gasteiger partial charge is 0.372 e. The molecule has 1 unspecified atom stereocenters. The van der Waals surface area contributed by atoms with Crippen molar-refractivity contribution in [2.24, 2.45) is 5.84 Å². The number of alkyl halides is 3. The third-order valence-corrected chi connectivity index (χ3v) is 2.98. The van der Waals surface area contributed by atoms with Crippen molar-refractivity contribution >= 4 is 15.9 Å². The topological polar surface area (TPSA) is 47.3 Å². The Balaban J connectivity index is 2.34. The summed E-state index contributed by atoms with van der Waals surface area (Å²) in [5.41, 5.74) is 3.64. The molecule has 1 aromatic rings. The zero-order valence-corrected chi connectivity index (χ0v) is 11.8. The number of nitrogens with one attached hydrogen (secondary N) is 1. The van der Waals surface area contributed by atoms with Gasteiger partial charge in [-0.05, 0) is 30.5 Å². The highest BCUT2D eigenvalue weighted by Crippen LogP contribution is 2.16. The van der Waals surface area contributed by atoms with E-state index in [-0.39, 0.29) is 12.6 Å². The number of ether oxygens (including phenoxy) is 1. The maximum Gasteiger partial charge on any atom is 0.411 e. The van der Waals surface area contributed by atoms with Crippen molar-refractivity contribution in [3.8, 4) is 0 Å². The molecular weight excluding hydrogens is 325 g/mol. The molecule has 0 saturated carbocycles. The predicted molar refractivity (Wildman–Crippen MR) is 70.4 cm³/mol. The van der Waals surface area contributed by atoms with Crippen molar-refractivity contribution < 1.29 is 17.9 Å². The lowest BCUT2D eigenvalue weighted by atomic mass is 10.0. The minimum atomic E-state index is -4.28. The van der Waals surface area contributed by atoms with E-state index in [0.29, 0.717) is 12.8 Å². The first-order chi connectivity index (χ1) is 8.90. The average molecular weight is 341 g/mol. The lowest BCUT2D eigenvalue weighted by Crippen LogP contribution is -2.37. The van der Waals surface area contributed by atoms with Crippen molar-refractivity contribution in [1.29, 1.82) is 0 Å². The number of nitrogens with two attached hydrogens (primary N) is 1. The van der Waals surface area contributed by atoms with E-state index >= 15 is 0 Å². The summed E-state index contributed by atoms with van der Waals surface area (Å²) >= 11 is 3.36. The van der Waals surface area contributed by atoms with E-state index in [4.69, 9.17) is 5.84 Å². The van der Waals surface area contributed by atoms with Gasteiger partial charge in [0.25, 0.3) is 0 Å². The van der Waals surface area contributed by atoms with E-state index in [1.165, 1.54) is 0 Å². The quantitative estimate of drug-likeness (QED) is 0.456. The molecule has 0 aromatic heterocycles. The Bertz CT molecular complexity index is 387. The van der Waals surface area contributed by atoms with Gasteiger partial charge >= 0.3 is 6.18 Å². The van der Waals surface area contributed by atoms with Gasteiger partial charge in [-0.1, -0.05) is 28.1 Å². The Morgan fingerprint density at radius 3 is 2.68 bits per heavy atom. The zero-order valence-electron chi connectivity index (χ0n) is 10.2. The van der Waals surface area contributed by atoms with Gasteiger partial charge in [0.2, 0.25) is 0 Å². The lowest BCUT2D eigenvalue weighted by molar-refractivity contribution is -0.174. The van der Waals surface area contributed by atoms with E-state index < -0.39 is 12.8 Å². The average Bonchev–Trinajstić information content (AvgIpc) is 2.32. The van der Waals surface area contributed by atoms with E-state index in [2.05, 4.69) is 26.1 Å². The van der Waals surface area contributed by atoms with Crippen LogP contribution in [0.2, 0.25) is 0 Å². The summed E-state index contributed by atoms with van der Waals surface area (Å²) in [6, 6.07) is 7.56. The number of halogens is 4. The number of hydrogen-bond acceptors (Lipinski definition) is 3. The monoisotopic (exact) mass is 340 g/mol. The summed E-state index contributed by atoms with van der Waals surface area (Å²) in [6.07, 6.45) is -3.24. The standard InChI is InChI=1S/C12H16BrF3N2O/c13-10-3-1-2-9(6-10)7-11(18-17)4-5-19-8-12(14,15)16/h1-3,6,11,18H,4-5,7-8,17H2. The van der Waals surface area contributed by atoms with Gasteiger partial charge in [0.05, 0.1) is 0 Å². The van der Waals surface area contributed by atoms with E-state index in [0.717, 1.165) is 10.0 Å². The Hall–Kier alpha value is -0.630. The molecule has 3 N–H and O–H groups in total. The Kier molecular flexibility index (Phi) is 6.78. The van der Waals surface area contributed by atoms with E-state index in [1.54, 1.807) is 0 Å². The second-order valence-corrected chi connectivity index (χ2v) is 5.07. The largest absolute Gasteiger partial charge is 0.411 e. The van der Waals surface area contributed by atoms with Crippen LogP contribution in [0.15, 0.2) is 28.7 Å². The van der Waals surface area contributed by atoms with Gasteiger partial charge in [-0.3, -0.25) is 11.3 Å². The summed E-state index contributed by atoms with van der Waals surface area (Å²) in [6.45, 7) is -1.20. The minimum Gasteiger partial charge on any atom is -0.372 e. The Morgan fingerprint density at radius 2 is 2.11 bits per heavy atom. The summed E-state index contributed by atoms with van der Waals surface area (Å²) in [5, 5.41) is 0. The van der Waals surface area contributed by atoms with Gasteiger partial charge in [-0.15, -0.1) is 0 Å². The lowest BCUT2D eigenvalue weighted by Gasteiger charge is -2.16. The number of hydrazine groups is 1. The number of rotatable bonds is 7. The molecule has 0 amide bonds. The highest BCUT2D eigenvalue weighted by Gasteiger charge is 2.27. The molecule has 3 nitrogen and oxygen atoms in total. The molecule has 0 aliphatic carbocycles. The Morgan fingerprint density at radius 1 is 1.37 bits per heavy atom. The zero-order chi connectivity index (χ0) is 14.3. The number of benzene rings is 1. The molecule has 0 saturated heterocycles. The van der Waals surface area contributed by atoms with Crippen LogP contribution >= 0.6 is 15.9 Å². The van der Waals surface area contributed by atoms with Crippen LogP contribution in [0.4, 0.5) is 13.2 Å². The van der Waals surface area contributed by atoms with Gasteiger partial charge in [0, 0.05) is 17.1 Å². The molecule has 0 heterocycles. The summed E-state index contributed by atoms with van der Waals surface area (Å²) < 4.78 is 41.2. The SMILES string of the molecule is NNC(CCOCC(F)(F)F)Cc1cccc(Br)c1. The molecule has 108 valence electrons. The molecule has 7 heteroatoms. The summed E-state index contributed by atoms with van der Waals surface area (Å²) in [4.78, 5) is 0. The minimum absolute atomic E-state index is 0.0162. The van der Waals surface area contributed by atoms with Crippen molar-refractivity contribution in [2.75, 3.05) is 13.2 Å². The third-order valence-electron chi connectivity index (χ3n) is 2.48. The number of hydrogen-bond donors (Lipinski definition) is 2. The second kappa shape index (κ2) is 7.84.